The molecule has 15 heavy (non-hydrogen) atoms. The maximum absolute atomic E-state index is 11.1. The fourth-order valence-electron chi connectivity index (χ4n) is 1.66. The number of methoxy groups -OCH3 is 1. The Kier molecular flexibility index (Phi) is 2.80. The van der Waals surface area contributed by atoms with Gasteiger partial charge in [-0.2, -0.15) is 0 Å². The highest BCUT2D eigenvalue weighted by atomic mass is 16.5. The summed E-state index contributed by atoms with van der Waals surface area (Å²) in [6.45, 7) is 1.43. The number of nitrogens with zero attached hydrogens (tertiary/aromatic N) is 3. The first kappa shape index (κ1) is 9.89. The molecule has 1 fully saturated rings. The van der Waals surface area contributed by atoms with Gasteiger partial charge in [0.05, 0.1) is 13.3 Å². The lowest BCUT2D eigenvalue weighted by molar-refractivity contribution is -0.119. The molecule has 0 amide bonds. The zero-order valence-electron chi connectivity index (χ0n) is 8.64. The molecule has 5 nitrogen and oxygen atoms in total. The zero-order chi connectivity index (χ0) is 10.7. The summed E-state index contributed by atoms with van der Waals surface area (Å²) in [5.41, 5.74) is 0. The van der Waals surface area contributed by atoms with Crippen LogP contribution in [0, 0.1) is 0 Å². The number of piperidine rings is 1. The standard InChI is InChI=1S/C10H13N3O2/c1-15-9-6-11-7-12-10(9)13-4-2-8(14)3-5-13/h6-7H,2-5H2,1H3. The monoisotopic (exact) mass is 207 g/mol. The van der Waals surface area contributed by atoms with Crippen LogP contribution in [0.5, 0.6) is 5.75 Å². The van der Waals surface area contributed by atoms with Gasteiger partial charge in [0.2, 0.25) is 0 Å². The number of hydrogen-bond donors (Lipinski definition) is 0. The van der Waals surface area contributed by atoms with E-state index < -0.39 is 0 Å². The number of aromatic nitrogens is 2. The van der Waals surface area contributed by atoms with Gasteiger partial charge >= 0.3 is 0 Å². The molecule has 0 radical (unpaired) electrons. The predicted molar refractivity (Wildman–Crippen MR) is 55.0 cm³/mol. The van der Waals surface area contributed by atoms with Crippen LogP contribution in [0.25, 0.3) is 0 Å². The highest BCUT2D eigenvalue weighted by molar-refractivity contribution is 5.81. The van der Waals surface area contributed by atoms with Crippen molar-refractivity contribution in [1.29, 1.82) is 0 Å². The van der Waals surface area contributed by atoms with Gasteiger partial charge in [-0.25, -0.2) is 9.97 Å². The van der Waals surface area contributed by atoms with Gasteiger partial charge in [-0.05, 0) is 0 Å². The zero-order valence-corrected chi connectivity index (χ0v) is 8.64. The second kappa shape index (κ2) is 4.25. The summed E-state index contributed by atoms with van der Waals surface area (Å²) in [6.07, 6.45) is 4.31. The quantitative estimate of drug-likeness (QED) is 0.712. The summed E-state index contributed by atoms with van der Waals surface area (Å²) in [5.74, 6) is 1.76. The molecule has 0 aliphatic carbocycles. The molecule has 2 heterocycles. The summed E-state index contributed by atoms with van der Waals surface area (Å²) >= 11 is 0. The van der Waals surface area contributed by atoms with Crippen LogP contribution >= 0.6 is 0 Å². The highest BCUT2D eigenvalue weighted by Crippen LogP contribution is 2.25. The number of Topliss-reactive ketones (excluding diaryl/α,β-unsaturated/α-hetero) is 1. The molecular formula is C10H13N3O2. The van der Waals surface area contributed by atoms with E-state index in [1.165, 1.54) is 6.33 Å². The summed E-state index contributed by atoms with van der Waals surface area (Å²) in [5, 5.41) is 0. The van der Waals surface area contributed by atoms with Gasteiger partial charge < -0.3 is 9.64 Å². The van der Waals surface area contributed by atoms with Crippen molar-refractivity contribution in [2.24, 2.45) is 0 Å². The largest absolute Gasteiger partial charge is 0.491 e. The Bertz CT molecular complexity index is 357. The fourth-order valence-corrected chi connectivity index (χ4v) is 1.66. The van der Waals surface area contributed by atoms with Crippen LogP contribution in [0.15, 0.2) is 12.5 Å². The lowest BCUT2D eigenvalue weighted by atomic mass is 10.1. The highest BCUT2D eigenvalue weighted by Gasteiger charge is 2.20. The Morgan fingerprint density at radius 3 is 2.80 bits per heavy atom. The first-order valence-electron chi connectivity index (χ1n) is 4.92. The minimum absolute atomic E-state index is 0.319. The van der Waals surface area contributed by atoms with E-state index in [0.29, 0.717) is 37.5 Å². The average molecular weight is 207 g/mol. The van der Waals surface area contributed by atoms with Gasteiger partial charge in [0.25, 0.3) is 0 Å². The van der Waals surface area contributed by atoms with Gasteiger partial charge in [0.15, 0.2) is 11.6 Å². The van der Waals surface area contributed by atoms with Gasteiger partial charge in [0.1, 0.15) is 12.1 Å². The van der Waals surface area contributed by atoms with Crippen molar-refractivity contribution in [3.05, 3.63) is 12.5 Å². The normalized spacial score (nSPS) is 16.6. The van der Waals surface area contributed by atoms with Gasteiger partial charge in [-0.1, -0.05) is 0 Å². The molecule has 1 aromatic rings. The van der Waals surface area contributed by atoms with Crippen molar-refractivity contribution >= 4 is 11.6 Å². The van der Waals surface area contributed by atoms with E-state index in [-0.39, 0.29) is 0 Å². The van der Waals surface area contributed by atoms with Crippen LogP contribution in [-0.4, -0.2) is 36.0 Å². The topological polar surface area (TPSA) is 55.3 Å². The summed E-state index contributed by atoms with van der Waals surface area (Å²) < 4.78 is 5.17. The molecule has 80 valence electrons. The van der Waals surface area contributed by atoms with E-state index in [1.54, 1.807) is 13.3 Å². The van der Waals surface area contributed by atoms with Crippen LogP contribution in [-0.2, 0) is 4.79 Å². The SMILES string of the molecule is COc1cncnc1N1CCC(=O)CC1. The summed E-state index contributed by atoms with van der Waals surface area (Å²) in [6, 6.07) is 0. The molecule has 0 unspecified atom stereocenters. The Labute approximate surface area is 88.1 Å². The minimum Gasteiger partial charge on any atom is -0.491 e. The number of ketones is 1. The second-order valence-electron chi connectivity index (χ2n) is 3.44. The Balaban J connectivity index is 2.18. The molecule has 0 saturated carbocycles. The molecule has 0 spiro atoms. The van der Waals surface area contributed by atoms with E-state index in [1.807, 2.05) is 0 Å². The van der Waals surface area contributed by atoms with Crippen molar-refractivity contribution in [3.8, 4) is 5.75 Å². The Hall–Kier alpha value is -1.65. The molecular weight excluding hydrogens is 194 g/mol. The average Bonchev–Trinajstić information content (AvgIpc) is 2.30. The Morgan fingerprint density at radius 2 is 2.13 bits per heavy atom. The number of ether oxygens (including phenoxy) is 1. The van der Waals surface area contributed by atoms with Gasteiger partial charge in [0, 0.05) is 25.9 Å². The molecule has 1 aliphatic rings. The van der Waals surface area contributed by atoms with E-state index >= 15 is 0 Å². The molecule has 0 bridgehead atoms. The van der Waals surface area contributed by atoms with Crippen LogP contribution in [0.4, 0.5) is 5.82 Å². The van der Waals surface area contributed by atoms with Crippen molar-refractivity contribution < 1.29 is 9.53 Å². The van der Waals surface area contributed by atoms with Crippen molar-refractivity contribution in [3.63, 3.8) is 0 Å². The summed E-state index contributed by atoms with van der Waals surface area (Å²) in [7, 11) is 1.59. The number of rotatable bonds is 2. The number of carbonyl (C=O) groups is 1. The van der Waals surface area contributed by atoms with Crippen LogP contribution in [0.1, 0.15) is 12.8 Å². The van der Waals surface area contributed by atoms with E-state index in [4.69, 9.17) is 4.74 Å². The molecule has 1 aliphatic heterocycles. The van der Waals surface area contributed by atoms with E-state index in [0.717, 1.165) is 5.82 Å². The first-order chi connectivity index (χ1) is 7.31. The maximum Gasteiger partial charge on any atom is 0.179 e. The lowest BCUT2D eigenvalue weighted by Crippen LogP contribution is -2.34. The molecule has 2 rings (SSSR count). The van der Waals surface area contributed by atoms with E-state index in [2.05, 4.69) is 14.9 Å². The van der Waals surface area contributed by atoms with Crippen LogP contribution in [0.3, 0.4) is 0 Å². The smallest absolute Gasteiger partial charge is 0.179 e. The maximum atomic E-state index is 11.1. The van der Waals surface area contributed by atoms with Crippen LogP contribution in [0.2, 0.25) is 0 Å². The third-order valence-electron chi connectivity index (χ3n) is 2.50. The molecule has 0 atom stereocenters. The number of hydrogen-bond acceptors (Lipinski definition) is 5. The fraction of sp³-hybridized carbons (Fsp3) is 0.500. The Morgan fingerprint density at radius 1 is 1.40 bits per heavy atom. The molecule has 5 heteroatoms. The first-order valence-corrected chi connectivity index (χ1v) is 4.92. The van der Waals surface area contributed by atoms with Gasteiger partial charge in [-0.3, -0.25) is 4.79 Å². The van der Waals surface area contributed by atoms with Crippen molar-refractivity contribution in [2.45, 2.75) is 12.8 Å². The molecule has 1 saturated heterocycles. The van der Waals surface area contributed by atoms with Crippen LogP contribution < -0.4 is 9.64 Å². The third-order valence-corrected chi connectivity index (χ3v) is 2.50. The second-order valence-corrected chi connectivity index (χ2v) is 3.44. The third kappa shape index (κ3) is 2.06. The molecule has 0 aromatic carbocycles. The van der Waals surface area contributed by atoms with E-state index in [9.17, 15) is 4.79 Å². The summed E-state index contributed by atoms with van der Waals surface area (Å²) in [4.78, 5) is 21.2. The predicted octanol–water partition coefficient (Wildman–Crippen LogP) is 0.654. The molecule has 1 aromatic heterocycles. The number of carbonyl (C=O) groups excluding carboxylic acids is 1. The lowest BCUT2D eigenvalue weighted by Gasteiger charge is -2.27. The van der Waals surface area contributed by atoms with Gasteiger partial charge in [-0.15, -0.1) is 0 Å². The van der Waals surface area contributed by atoms with Crippen molar-refractivity contribution in [2.75, 3.05) is 25.1 Å². The number of anilines is 1. The van der Waals surface area contributed by atoms with Crippen molar-refractivity contribution in [1.82, 2.24) is 9.97 Å². The minimum atomic E-state index is 0.319. The molecule has 0 N–H and O–H groups in total.